The summed E-state index contributed by atoms with van der Waals surface area (Å²) in [5, 5.41) is 13.7. The minimum absolute atomic E-state index is 0.0575. The molecule has 1 aliphatic heterocycles. The van der Waals surface area contributed by atoms with E-state index in [0.29, 0.717) is 6.54 Å². The van der Waals surface area contributed by atoms with E-state index in [1.165, 1.54) is 4.90 Å². The van der Waals surface area contributed by atoms with Gasteiger partial charge in [-0.25, -0.2) is 4.79 Å². The van der Waals surface area contributed by atoms with Gasteiger partial charge in [0.05, 0.1) is 19.1 Å². The Labute approximate surface area is 131 Å². The molecule has 2 fully saturated rings. The molecule has 1 amide bonds. The Kier molecular flexibility index (Phi) is 4.73. The van der Waals surface area contributed by atoms with Crippen LogP contribution < -0.4 is 5.32 Å². The fourth-order valence-electron chi connectivity index (χ4n) is 2.90. The van der Waals surface area contributed by atoms with Gasteiger partial charge in [-0.05, 0) is 27.2 Å². The van der Waals surface area contributed by atoms with E-state index in [0.717, 1.165) is 12.8 Å². The molecular weight excluding hydrogens is 288 g/mol. The van der Waals surface area contributed by atoms with Crippen LogP contribution in [-0.2, 0) is 14.2 Å². The molecule has 0 radical (unpaired) electrons. The van der Waals surface area contributed by atoms with Crippen molar-refractivity contribution >= 4 is 6.09 Å². The standard InChI is InChI=1S/C15H28N2O5/c1-13(2,3)22-12(18)17-9-14(19,10-17)8-16-11-6-7-15(11,20-4)21-5/h11,16,19H,6-10H2,1-5H3. The van der Waals surface area contributed by atoms with Gasteiger partial charge in [-0.15, -0.1) is 0 Å². The van der Waals surface area contributed by atoms with E-state index < -0.39 is 17.0 Å². The number of amides is 1. The molecule has 1 atom stereocenters. The van der Waals surface area contributed by atoms with Crippen molar-refractivity contribution in [2.75, 3.05) is 33.9 Å². The molecule has 0 aromatic heterocycles. The smallest absolute Gasteiger partial charge is 0.410 e. The van der Waals surface area contributed by atoms with E-state index >= 15 is 0 Å². The zero-order chi connectivity index (χ0) is 16.6. The summed E-state index contributed by atoms with van der Waals surface area (Å²) in [5.41, 5.74) is -1.44. The normalized spacial score (nSPS) is 26.1. The predicted molar refractivity (Wildman–Crippen MR) is 80.5 cm³/mol. The van der Waals surface area contributed by atoms with Crippen molar-refractivity contribution in [2.24, 2.45) is 0 Å². The van der Waals surface area contributed by atoms with E-state index in [4.69, 9.17) is 14.2 Å². The molecule has 0 aromatic carbocycles. The first-order valence-corrected chi connectivity index (χ1v) is 7.67. The highest BCUT2D eigenvalue weighted by molar-refractivity contribution is 5.69. The van der Waals surface area contributed by atoms with Crippen LogP contribution in [0.3, 0.4) is 0 Å². The van der Waals surface area contributed by atoms with E-state index in [9.17, 15) is 9.90 Å². The first kappa shape index (κ1) is 17.5. The Hall–Kier alpha value is -0.890. The third-order valence-corrected chi connectivity index (χ3v) is 4.30. The lowest BCUT2D eigenvalue weighted by atomic mass is 9.83. The summed E-state index contributed by atoms with van der Waals surface area (Å²) in [5.74, 6) is -0.592. The first-order chi connectivity index (χ1) is 10.1. The summed E-state index contributed by atoms with van der Waals surface area (Å²) in [6.07, 6.45) is 1.39. The molecule has 128 valence electrons. The molecule has 7 heteroatoms. The average molecular weight is 316 g/mol. The van der Waals surface area contributed by atoms with Crippen molar-refractivity contribution in [1.82, 2.24) is 10.2 Å². The third kappa shape index (κ3) is 3.53. The number of likely N-dealkylation sites (tertiary alicyclic amines) is 1. The van der Waals surface area contributed by atoms with Gasteiger partial charge in [-0.3, -0.25) is 0 Å². The minimum atomic E-state index is -0.917. The lowest BCUT2D eigenvalue weighted by Gasteiger charge is -2.50. The highest BCUT2D eigenvalue weighted by atomic mass is 16.7. The number of nitrogens with zero attached hydrogens (tertiary/aromatic N) is 1. The fraction of sp³-hybridized carbons (Fsp3) is 0.933. The quantitative estimate of drug-likeness (QED) is 0.727. The Morgan fingerprint density at radius 3 is 2.32 bits per heavy atom. The molecule has 1 heterocycles. The van der Waals surface area contributed by atoms with Crippen molar-refractivity contribution in [3.05, 3.63) is 0 Å². The monoisotopic (exact) mass is 316 g/mol. The van der Waals surface area contributed by atoms with Crippen LogP contribution in [0, 0.1) is 0 Å². The van der Waals surface area contributed by atoms with Crippen molar-refractivity contribution in [3.8, 4) is 0 Å². The second-order valence-corrected chi connectivity index (χ2v) is 7.25. The Morgan fingerprint density at radius 1 is 1.32 bits per heavy atom. The van der Waals surface area contributed by atoms with Gasteiger partial charge >= 0.3 is 6.09 Å². The van der Waals surface area contributed by atoms with Gasteiger partial charge in [0, 0.05) is 27.2 Å². The molecule has 0 spiro atoms. The largest absolute Gasteiger partial charge is 0.444 e. The van der Waals surface area contributed by atoms with Crippen molar-refractivity contribution in [3.63, 3.8) is 0 Å². The average Bonchev–Trinajstić information content (AvgIpc) is 2.34. The van der Waals surface area contributed by atoms with Crippen LogP contribution in [0.25, 0.3) is 0 Å². The number of nitrogens with one attached hydrogen (secondary N) is 1. The van der Waals surface area contributed by atoms with Gasteiger partial charge in [-0.2, -0.15) is 0 Å². The summed E-state index contributed by atoms with van der Waals surface area (Å²) in [4.78, 5) is 13.4. The van der Waals surface area contributed by atoms with Crippen LogP contribution in [0.2, 0.25) is 0 Å². The van der Waals surface area contributed by atoms with E-state index in [-0.39, 0.29) is 25.2 Å². The molecule has 0 bridgehead atoms. The number of carbonyl (C=O) groups excluding carboxylic acids is 1. The number of hydrogen-bond donors (Lipinski definition) is 2. The number of aliphatic hydroxyl groups is 1. The molecule has 2 rings (SSSR count). The molecule has 0 aromatic rings. The van der Waals surface area contributed by atoms with Crippen molar-refractivity contribution < 1.29 is 24.1 Å². The van der Waals surface area contributed by atoms with E-state index in [1.807, 2.05) is 20.8 Å². The van der Waals surface area contributed by atoms with Crippen molar-refractivity contribution in [2.45, 2.75) is 56.6 Å². The number of hydrogen-bond acceptors (Lipinski definition) is 6. The molecule has 1 saturated carbocycles. The van der Waals surface area contributed by atoms with Gasteiger partial charge in [0.15, 0.2) is 5.79 Å². The fourth-order valence-corrected chi connectivity index (χ4v) is 2.90. The second-order valence-electron chi connectivity index (χ2n) is 7.25. The Balaban J connectivity index is 1.76. The maximum absolute atomic E-state index is 11.9. The maximum Gasteiger partial charge on any atom is 0.410 e. The van der Waals surface area contributed by atoms with Gasteiger partial charge in [0.25, 0.3) is 0 Å². The zero-order valence-corrected chi connectivity index (χ0v) is 14.1. The first-order valence-electron chi connectivity index (χ1n) is 7.67. The molecule has 1 aliphatic carbocycles. The molecule has 1 unspecified atom stereocenters. The minimum Gasteiger partial charge on any atom is -0.444 e. The number of carbonyl (C=O) groups is 1. The SMILES string of the molecule is COC1(OC)CCC1NCC1(O)CN(C(=O)OC(C)(C)C)C1. The summed E-state index contributed by atoms with van der Waals surface area (Å²) >= 11 is 0. The topological polar surface area (TPSA) is 80.3 Å². The number of ether oxygens (including phenoxy) is 3. The molecule has 22 heavy (non-hydrogen) atoms. The lowest BCUT2D eigenvalue weighted by molar-refractivity contribution is -0.269. The molecule has 7 nitrogen and oxygen atoms in total. The predicted octanol–water partition coefficient (Wildman–Crippen LogP) is 0.709. The van der Waals surface area contributed by atoms with E-state index in [1.54, 1.807) is 14.2 Å². The Morgan fingerprint density at radius 2 is 1.91 bits per heavy atom. The molecule has 2 N–H and O–H groups in total. The van der Waals surface area contributed by atoms with Crippen LogP contribution >= 0.6 is 0 Å². The van der Waals surface area contributed by atoms with Gasteiger partial charge in [-0.1, -0.05) is 0 Å². The number of β-amino-alcohol motifs (C(OH)–C–C–N with tert-alkyl or cyclic N) is 1. The maximum atomic E-state index is 11.9. The van der Waals surface area contributed by atoms with E-state index in [2.05, 4.69) is 5.32 Å². The Bertz CT molecular complexity index is 405. The van der Waals surface area contributed by atoms with Gasteiger partial charge in [0.2, 0.25) is 0 Å². The summed E-state index contributed by atoms with van der Waals surface area (Å²) in [6, 6.07) is 0.0575. The van der Waals surface area contributed by atoms with Gasteiger partial charge < -0.3 is 29.5 Å². The summed E-state index contributed by atoms with van der Waals surface area (Å²) < 4.78 is 16.1. The van der Waals surface area contributed by atoms with Crippen LogP contribution in [0.4, 0.5) is 4.79 Å². The van der Waals surface area contributed by atoms with Gasteiger partial charge in [0.1, 0.15) is 11.2 Å². The summed E-state index contributed by atoms with van der Waals surface area (Å²) in [6.45, 7) is 6.41. The summed E-state index contributed by atoms with van der Waals surface area (Å²) in [7, 11) is 3.25. The van der Waals surface area contributed by atoms with Crippen LogP contribution in [-0.4, -0.2) is 73.0 Å². The second kappa shape index (κ2) is 5.96. The zero-order valence-electron chi connectivity index (χ0n) is 14.1. The molecule has 1 saturated heterocycles. The van der Waals surface area contributed by atoms with Crippen molar-refractivity contribution in [1.29, 1.82) is 0 Å². The molecular formula is C15H28N2O5. The van der Waals surface area contributed by atoms with Crippen LogP contribution in [0.5, 0.6) is 0 Å². The lowest BCUT2D eigenvalue weighted by Crippen LogP contribution is -2.70. The highest BCUT2D eigenvalue weighted by Gasteiger charge is 2.50. The number of methoxy groups -OCH3 is 2. The highest BCUT2D eigenvalue weighted by Crippen LogP contribution is 2.36. The number of rotatable bonds is 5. The van der Waals surface area contributed by atoms with Crippen LogP contribution in [0.15, 0.2) is 0 Å². The van der Waals surface area contributed by atoms with Crippen LogP contribution in [0.1, 0.15) is 33.6 Å². The molecule has 2 aliphatic rings. The third-order valence-electron chi connectivity index (χ3n) is 4.30.